The Kier molecular flexibility index (Phi) is 11.2. The Morgan fingerprint density at radius 1 is 0.900 bits per heavy atom. The first kappa shape index (κ1) is 39.1. The summed E-state index contributed by atoms with van der Waals surface area (Å²) < 4.78 is 18.5. The molecule has 2 amide bonds. The van der Waals surface area contributed by atoms with Crippen molar-refractivity contribution in [1.82, 2.24) is 39.9 Å². The van der Waals surface area contributed by atoms with Gasteiger partial charge >= 0.3 is 0 Å². The summed E-state index contributed by atoms with van der Waals surface area (Å²) in [6.45, 7) is 5.93. The van der Waals surface area contributed by atoms with E-state index in [0.29, 0.717) is 59.9 Å². The number of carbonyl (C=O) groups excluding carboxylic acids is 4. The van der Waals surface area contributed by atoms with Crippen LogP contribution in [0.2, 0.25) is 0 Å². The van der Waals surface area contributed by atoms with Crippen molar-refractivity contribution in [3.63, 3.8) is 0 Å². The van der Waals surface area contributed by atoms with Gasteiger partial charge in [-0.25, -0.2) is 14.0 Å². The van der Waals surface area contributed by atoms with E-state index in [1.807, 2.05) is 41.3 Å². The SMILES string of the molecule is O=C=C1CC[C@H](NC(=O)c2ccc(N3CCC(CN4CCC(n5cc6cc(NC(=O)c7cccn8cnnc78)c(N7CCCC(F)C7)cc6n5)CC4)CC3)cc2)C(=C=O)N1. The van der Waals surface area contributed by atoms with E-state index in [-0.39, 0.29) is 30.1 Å². The lowest BCUT2D eigenvalue weighted by Gasteiger charge is -2.38. The molecular weight excluding hydrogens is 766 g/mol. The number of pyridine rings is 1. The van der Waals surface area contributed by atoms with Crippen LogP contribution in [0.3, 0.4) is 0 Å². The Balaban J connectivity index is 0.789. The molecule has 16 heteroatoms. The lowest BCUT2D eigenvalue weighted by molar-refractivity contribution is 0.0938. The molecule has 0 bridgehead atoms. The highest BCUT2D eigenvalue weighted by molar-refractivity contribution is 6.10. The Hall–Kier alpha value is -6.34. The molecule has 4 aliphatic rings. The number of piperidine rings is 4. The maximum Gasteiger partial charge on any atom is 0.259 e. The third-order valence-electron chi connectivity index (χ3n) is 12.6. The van der Waals surface area contributed by atoms with Crippen LogP contribution in [-0.4, -0.2) is 111 Å². The number of halogens is 1. The zero-order valence-corrected chi connectivity index (χ0v) is 33.4. The molecule has 0 radical (unpaired) electrons. The van der Waals surface area contributed by atoms with Crippen molar-refractivity contribution in [3.8, 4) is 0 Å². The van der Waals surface area contributed by atoms with Gasteiger partial charge in [0.05, 0.1) is 34.5 Å². The first-order chi connectivity index (χ1) is 29.3. The van der Waals surface area contributed by atoms with Crippen molar-refractivity contribution < 1.29 is 23.6 Å². The number of allylic oxidation sites excluding steroid dienone is 1. The molecule has 15 nitrogen and oxygen atoms in total. The third-order valence-corrected chi connectivity index (χ3v) is 12.6. The zero-order chi connectivity index (χ0) is 41.2. The summed E-state index contributed by atoms with van der Waals surface area (Å²) >= 11 is 0. The molecule has 1 unspecified atom stereocenters. The fourth-order valence-electron chi connectivity index (χ4n) is 9.22. The van der Waals surface area contributed by atoms with Gasteiger partial charge in [0, 0.05) is 81.3 Å². The molecule has 2 aromatic carbocycles. The van der Waals surface area contributed by atoms with Crippen LogP contribution in [0.25, 0.3) is 16.6 Å². The smallest absolute Gasteiger partial charge is 0.259 e. The fraction of sp³-hybridized carbons (Fsp3) is 0.432. The molecular formula is C44H48FN11O4. The number of aromatic nitrogens is 5. The number of hydrogen-bond donors (Lipinski definition) is 3. The Morgan fingerprint density at radius 2 is 1.72 bits per heavy atom. The largest absolute Gasteiger partial charge is 0.372 e. The minimum Gasteiger partial charge on any atom is -0.372 e. The highest BCUT2D eigenvalue weighted by Crippen LogP contribution is 2.35. The van der Waals surface area contributed by atoms with Crippen LogP contribution in [-0.2, 0) is 9.59 Å². The van der Waals surface area contributed by atoms with E-state index in [0.717, 1.165) is 87.1 Å². The van der Waals surface area contributed by atoms with Crippen molar-refractivity contribution in [2.45, 2.75) is 69.6 Å². The topological polar surface area (TPSA) is 162 Å². The number of alkyl halides is 1. The number of likely N-dealkylation sites (tertiary alicyclic amines) is 1. The molecule has 0 saturated carbocycles. The van der Waals surface area contributed by atoms with Crippen molar-refractivity contribution in [2.24, 2.45) is 5.92 Å². The van der Waals surface area contributed by atoms with E-state index >= 15 is 0 Å². The number of fused-ring (bicyclic) bond motifs is 2. The van der Waals surface area contributed by atoms with Gasteiger partial charge in [-0.05, 0) is 99.4 Å². The highest BCUT2D eigenvalue weighted by atomic mass is 19.1. The number of nitrogens with one attached hydrogen (secondary N) is 3. The van der Waals surface area contributed by atoms with Gasteiger partial charge in [0.2, 0.25) is 0 Å². The summed E-state index contributed by atoms with van der Waals surface area (Å²) in [5, 5.41) is 22.8. The van der Waals surface area contributed by atoms with Crippen LogP contribution in [0.1, 0.15) is 78.1 Å². The summed E-state index contributed by atoms with van der Waals surface area (Å²) in [5.41, 5.74) is 5.12. The predicted octanol–water partition coefficient (Wildman–Crippen LogP) is 4.74. The summed E-state index contributed by atoms with van der Waals surface area (Å²) in [4.78, 5) is 55.9. The third kappa shape index (κ3) is 8.26. The lowest BCUT2D eigenvalue weighted by atomic mass is 9.94. The first-order valence-corrected chi connectivity index (χ1v) is 21.0. The lowest BCUT2D eigenvalue weighted by Crippen LogP contribution is -2.43. The van der Waals surface area contributed by atoms with Gasteiger partial charge in [0.15, 0.2) is 5.65 Å². The number of carbonyl (C=O) groups is 2. The van der Waals surface area contributed by atoms with E-state index in [9.17, 15) is 23.6 Å². The Bertz CT molecular complexity index is 2490. The molecule has 4 aliphatic heterocycles. The molecule has 5 aromatic rings. The number of rotatable bonds is 9. The minimum atomic E-state index is -0.930. The molecule has 7 heterocycles. The Labute approximate surface area is 346 Å². The maximum absolute atomic E-state index is 14.7. The van der Waals surface area contributed by atoms with Gasteiger partial charge in [-0.3, -0.25) is 18.7 Å². The van der Waals surface area contributed by atoms with Crippen LogP contribution in [0.4, 0.5) is 21.5 Å². The summed E-state index contributed by atoms with van der Waals surface area (Å²) in [6, 6.07) is 14.8. The fourth-order valence-corrected chi connectivity index (χ4v) is 9.22. The molecule has 0 aliphatic carbocycles. The van der Waals surface area contributed by atoms with E-state index < -0.39 is 12.2 Å². The predicted molar refractivity (Wildman–Crippen MR) is 225 cm³/mol. The standard InChI is InChI=1S/C44H48FN11O4/c45-32-3-1-15-54(25-32)41-22-38-31(21-39(41)49-44(60)36-4-2-16-55-28-46-50-42(36)55)24-56(51-38)35-13-17-52(18-14-35)23-29-11-19-53(20-12-29)34-8-5-30(6-9-34)43(59)48-37-10-7-33(26-57)47-40(37)27-58/h2,4-6,8-9,16,21-22,24,28-29,32,35,37,47H,1,3,7,10-15,17-20,23,25H2,(H,48,59)(H,49,60)/t32?,37-/m0/s1. The van der Waals surface area contributed by atoms with Crippen LogP contribution < -0.4 is 25.8 Å². The molecule has 60 heavy (non-hydrogen) atoms. The first-order valence-electron chi connectivity index (χ1n) is 21.0. The molecule has 0 spiro atoms. The number of amides is 2. The normalized spacial score (nSPS) is 20.8. The van der Waals surface area contributed by atoms with Crippen LogP contribution in [0, 0.1) is 5.92 Å². The molecule has 310 valence electrons. The highest BCUT2D eigenvalue weighted by Gasteiger charge is 2.29. The summed E-state index contributed by atoms with van der Waals surface area (Å²) in [5.74, 6) is 3.60. The molecule has 9 rings (SSSR count). The zero-order valence-electron chi connectivity index (χ0n) is 33.4. The quantitative estimate of drug-likeness (QED) is 0.177. The van der Waals surface area contributed by atoms with E-state index in [1.54, 1.807) is 40.9 Å². The van der Waals surface area contributed by atoms with Gasteiger partial charge in [0.1, 0.15) is 35.8 Å². The van der Waals surface area contributed by atoms with Crippen molar-refractivity contribution in [1.29, 1.82) is 0 Å². The minimum absolute atomic E-state index is 0.142. The van der Waals surface area contributed by atoms with Gasteiger partial charge in [-0.15, -0.1) is 10.2 Å². The van der Waals surface area contributed by atoms with Crippen molar-refractivity contribution in [2.75, 3.05) is 60.9 Å². The van der Waals surface area contributed by atoms with Crippen molar-refractivity contribution >= 4 is 57.3 Å². The van der Waals surface area contributed by atoms with Crippen LogP contribution in [0.5, 0.6) is 0 Å². The monoisotopic (exact) mass is 813 g/mol. The number of nitrogens with zero attached hydrogens (tertiary/aromatic N) is 8. The summed E-state index contributed by atoms with van der Waals surface area (Å²) in [7, 11) is 0. The van der Waals surface area contributed by atoms with Crippen molar-refractivity contribution in [3.05, 3.63) is 89.8 Å². The van der Waals surface area contributed by atoms with Gasteiger partial charge in [-0.2, -0.15) is 5.10 Å². The maximum atomic E-state index is 14.7. The second-order valence-electron chi connectivity index (χ2n) is 16.5. The van der Waals surface area contributed by atoms with E-state index in [2.05, 4.69) is 46.8 Å². The van der Waals surface area contributed by atoms with Crippen LogP contribution >= 0.6 is 0 Å². The molecule has 4 saturated heterocycles. The van der Waals surface area contributed by atoms with Gasteiger partial charge in [0.25, 0.3) is 11.8 Å². The average molecular weight is 814 g/mol. The molecule has 2 atom stereocenters. The number of benzene rings is 2. The number of hydrogen-bond acceptors (Lipinski definition) is 11. The molecule has 3 aromatic heterocycles. The second-order valence-corrected chi connectivity index (χ2v) is 16.5. The number of anilines is 3. The van der Waals surface area contributed by atoms with E-state index in [1.165, 1.54) is 0 Å². The molecule has 3 N–H and O–H groups in total. The van der Waals surface area contributed by atoms with Gasteiger partial charge in [-0.1, -0.05) is 0 Å². The Morgan fingerprint density at radius 3 is 2.48 bits per heavy atom. The van der Waals surface area contributed by atoms with Crippen LogP contribution in [0.15, 0.2) is 78.6 Å². The second kappa shape index (κ2) is 17.1. The average Bonchev–Trinajstić information content (AvgIpc) is 3.94. The van der Waals surface area contributed by atoms with Gasteiger partial charge < -0.3 is 30.7 Å². The molecule has 4 fully saturated rings. The van der Waals surface area contributed by atoms with E-state index in [4.69, 9.17) is 5.10 Å². The summed E-state index contributed by atoms with van der Waals surface area (Å²) in [6.07, 6.45) is 10.8.